The number of amides is 1. The lowest BCUT2D eigenvalue weighted by molar-refractivity contribution is 0.0784. The standard InChI is InChI=1S/C20H24FN3O/c1-15-10-18(5-6-19(15)21)20(25)24-9-7-17(14-24)13-23(2)12-16-4-3-8-22-11-16/h3-6,8,10-11,17H,7,9,12-14H2,1-2H3. The maximum absolute atomic E-state index is 13.4. The molecule has 1 aliphatic rings. The van der Waals surface area contributed by atoms with Crippen molar-refractivity contribution >= 4 is 5.91 Å². The van der Waals surface area contributed by atoms with Crippen molar-refractivity contribution in [2.75, 3.05) is 26.7 Å². The lowest BCUT2D eigenvalue weighted by Gasteiger charge is -2.21. The molecular formula is C20H24FN3O. The highest BCUT2D eigenvalue weighted by molar-refractivity contribution is 5.94. The molecule has 0 bridgehead atoms. The summed E-state index contributed by atoms with van der Waals surface area (Å²) in [6.45, 7) is 5.01. The van der Waals surface area contributed by atoms with Gasteiger partial charge in [-0.15, -0.1) is 0 Å². The van der Waals surface area contributed by atoms with Crippen LogP contribution in [0.3, 0.4) is 0 Å². The van der Waals surface area contributed by atoms with Crippen LogP contribution in [0.25, 0.3) is 0 Å². The number of halogens is 1. The first kappa shape index (κ1) is 17.5. The first-order chi connectivity index (χ1) is 12.0. The Morgan fingerprint density at radius 2 is 2.24 bits per heavy atom. The number of carbonyl (C=O) groups excluding carboxylic acids is 1. The topological polar surface area (TPSA) is 36.4 Å². The number of nitrogens with zero attached hydrogens (tertiary/aromatic N) is 3. The maximum Gasteiger partial charge on any atom is 0.253 e. The molecule has 0 aliphatic carbocycles. The molecule has 0 saturated carbocycles. The SMILES string of the molecule is Cc1cc(C(=O)N2CCC(CN(C)Cc3cccnc3)C2)ccc1F. The van der Waals surface area contributed by atoms with E-state index < -0.39 is 0 Å². The fourth-order valence-corrected chi connectivity index (χ4v) is 3.44. The molecular weight excluding hydrogens is 317 g/mol. The van der Waals surface area contributed by atoms with Crippen LogP contribution < -0.4 is 0 Å². The highest BCUT2D eigenvalue weighted by Crippen LogP contribution is 2.21. The highest BCUT2D eigenvalue weighted by Gasteiger charge is 2.27. The van der Waals surface area contributed by atoms with Crippen LogP contribution in [0.1, 0.15) is 27.9 Å². The Kier molecular flexibility index (Phi) is 5.43. The van der Waals surface area contributed by atoms with Crippen LogP contribution in [0.2, 0.25) is 0 Å². The van der Waals surface area contributed by atoms with E-state index in [1.807, 2.05) is 17.2 Å². The van der Waals surface area contributed by atoms with Gasteiger partial charge < -0.3 is 9.80 Å². The number of likely N-dealkylation sites (tertiary alicyclic amines) is 1. The van der Waals surface area contributed by atoms with Gasteiger partial charge in [-0.25, -0.2) is 4.39 Å². The lowest BCUT2D eigenvalue weighted by atomic mass is 10.1. The van der Waals surface area contributed by atoms with E-state index in [9.17, 15) is 9.18 Å². The molecule has 1 unspecified atom stereocenters. The van der Waals surface area contributed by atoms with Crippen molar-refractivity contribution in [2.24, 2.45) is 5.92 Å². The molecule has 0 radical (unpaired) electrons. The quantitative estimate of drug-likeness (QED) is 0.838. The summed E-state index contributed by atoms with van der Waals surface area (Å²) in [6, 6.07) is 8.61. The number of hydrogen-bond donors (Lipinski definition) is 0. The molecule has 25 heavy (non-hydrogen) atoms. The van der Waals surface area contributed by atoms with E-state index in [0.29, 0.717) is 17.0 Å². The summed E-state index contributed by atoms with van der Waals surface area (Å²) in [4.78, 5) is 20.9. The van der Waals surface area contributed by atoms with Gasteiger partial charge in [0.2, 0.25) is 0 Å². The van der Waals surface area contributed by atoms with Gasteiger partial charge in [0.1, 0.15) is 5.82 Å². The Balaban J connectivity index is 1.54. The number of carbonyl (C=O) groups is 1. The van der Waals surface area contributed by atoms with Crippen LogP contribution in [0.15, 0.2) is 42.7 Å². The van der Waals surface area contributed by atoms with Gasteiger partial charge in [0.15, 0.2) is 0 Å². The van der Waals surface area contributed by atoms with E-state index in [0.717, 1.165) is 32.6 Å². The molecule has 2 heterocycles. The Morgan fingerprint density at radius 1 is 1.40 bits per heavy atom. The van der Waals surface area contributed by atoms with Crippen LogP contribution in [-0.2, 0) is 6.54 Å². The van der Waals surface area contributed by atoms with E-state index in [-0.39, 0.29) is 11.7 Å². The predicted molar refractivity (Wildman–Crippen MR) is 95.7 cm³/mol. The minimum Gasteiger partial charge on any atom is -0.338 e. The summed E-state index contributed by atoms with van der Waals surface area (Å²) in [5.41, 5.74) is 2.28. The van der Waals surface area contributed by atoms with Gasteiger partial charge in [-0.05, 0) is 61.7 Å². The molecule has 1 atom stereocenters. The lowest BCUT2D eigenvalue weighted by Crippen LogP contribution is -2.31. The number of aryl methyl sites for hydroxylation is 1. The van der Waals surface area contributed by atoms with Crippen molar-refractivity contribution in [3.05, 3.63) is 65.2 Å². The van der Waals surface area contributed by atoms with E-state index in [2.05, 4.69) is 23.0 Å². The Hall–Kier alpha value is -2.27. The van der Waals surface area contributed by atoms with E-state index in [4.69, 9.17) is 0 Å². The monoisotopic (exact) mass is 341 g/mol. The predicted octanol–water partition coefficient (Wildman–Crippen LogP) is 3.12. The second kappa shape index (κ2) is 7.74. The molecule has 1 aromatic heterocycles. The largest absolute Gasteiger partial charge is 0.338 e. The number of pyridine rings is 1. The molecule has 0 N–H and O–H groups in total. The van der Waals surface area contributed by atoms with E-state index >= 15 is 0 Å². The molecule has 4 nitrogen and oxygen atoms in total. The smallest absolute Gasteiger partial charge is 0.253 e. The van der Waals surface area contributed by atoms with Crippen molar-refractivity contribution < 1.29 is 9.18 Å². The first-order valence-electron chi connectivity index (χ1n) is 8.66. The van der Waals surface area contributed by atoms with Gasteiger partial charge in [-0.1, -0.05) is 6.07 Å². The van der Waals surface area contributed by atoms with Crippen LogP contribution in [-0.4, -0.2) is 47.4 Å². The Bertz CT molecular complexity index is 735. The molecule has 1 aromatic carbocycles. The van der Waals surface area contributed by atoms with E-state index in [1.165, 1.54) is 11.6 Å². The zero-order chi connectivity index (χ0) is 17.8. The zero-order valence-electron chi connectivity index (χ0n) is 14.8. The molecule has 1 fully saturated rings. The average Bonchev–Trinajstić information content (AvgIpc) is 3.06. The third-order valence-corrected chi connectivity index (χ3v) is 4.72. The molecule has 1 saturated heterocycles. The molecule has 1 aliphatic heterocycles. The molecule has 3 rings (SSSR count). The number of hydrogen-bond acceptors (Lipinski definition) is 3. The summed E-state index contributed by atoms with van der Waals surface area (Å²) in [6.07, 6.45) is 4.67. The van der Waals surface area contributed by atoms with Crippen LogP contribution in [0.4, 0.5) is 4.39 Å². The number of benzene rings is 1. The van der Waals surface area contributed by atoms with Gasteiger partial charge in [0.05, 0.1) is 0 Å². The molecule has 0 spiro atoms. The zero-order valence-corrected chi connectivity index (χ0v) is 14.8. The summed E-state index contributed by atoms with van der Waals surface area (Å²) < 4.78 is 13.4. The molecule has 132 valence electrons. The fraction of sp³-hybridized carbons (Fsp3) is 0.400. The van der Waals surface area contributed by atoms with Gasteiger partial charge in [-0.3, -0.25) is 9.78 Å². The van der Waals surface area contributed by atoms with Crippen LogP contribution in [0.5, 0.6) is 0 Å². The highest BCUT2D eigenvalue weighted by atomic mass is 19.1. The maximum atomic E-state index is 13.4. The summed E-state index contributed by atoms with van der Waals surface area (Å²) in [5.74, 6) is 0.195. The number of aromatic nitrogens is 1. The fourth-order valence-electron chi connectivity index (χ4n) is 3.44. The minimum atomic E-state index is -0.270. The summed E-state index contributed by atoms with van der Waals surface area (Å²) in [5, 5.41) is 0. The van der Waals surface area contributed by atoms with Gasteiger partial charge in [0, 0.05) is 44.1 Å². The van der Waals surface area contributed by atoms with Crippen LogP contribution >= 0.6 is 0 Å². The van der Waals surface area contributed by atoms with E-state index in [1.54, 1.807) is 25.3 Å². The van der Waals surface area contributed by atoms with Crippen molar-refractivity contribution in [2.45, 2.75) is 19.9 Å². The normalized spacial score (nSPS) is 17.3. The third-order valence-electron chi connectivity index (χ3n) is 4.72. The summed E-state index contributed by atoms with van der Waals surface area (Å²) in [7, 11) is 2.10. The van der Waals surface area contributed by atoms with Crippen LogP contribution in [0, 0.1) is 18.7 Å². The Labute approximate surface area is 148 Å². The average molecular weight is 341 g/mol. The van der Waals surface area contributed by atoms with Gasteiger partial charge in [-0.2, -0.15) is 0 Å². The first-order valence-corrected chi connectivity index (χ1v) is 8.66. The second-order valence-electron chi connectivity index (χ2n) is 6.93. The van der Waals surface area contributed by atoms with Gasteiger partial charge >= 0.3 is 0 Å². The van der Waals surface area contributed by atoms with Crippen molar-refractivity contribution in [3.63, 3.8) is 0 Å². The van der Waals surface area contributed by atoms with Crippen molar-refractivity contribution in [3.8, 4) is 0 Å². The second-order valence-corrected chi connectivity index (χ2v) is 6.93. The number of rotatable bonds is 5. The van der Waals surface area contributed by atoms with Crippen molar-refractivity contribution in [1.29, 1.82) is 0 Å². The third kappa shape index (κ3) is 4.42. The van der Waals surface area contributed by atoms with Crippen molar-refractivity contribution in [1.82, 2.24) is 14.8 Å². The summed E-state index contributed by atoms with van der Waals surface area (Å²) >= 11 is 0. The molecule has 2 aromatic rings. The molecule has 5 heteroatoms. The van der Waals surface area contributed by atoms with Gasteiger partial charge in [0.25, 0.3) is 5.91 Å². The minimum absolute atomic E-state index is 0.000474. The Morgan fingerprint density at radius 3 is 2.96 bits per heavy atom. The molecule has 1 amide bonds.